The topological polar surface area (TPSA) is 57.5 Å². The molecule has 0 aliphatic carbocycles. The van der Waals surface area contributed by atoms with Crippen molar-refractivity contribution in [3.8, 4) is 11.5 Å². The van der Waals surface area contributed by atoms with Gasteiger partial charge in [-0.3, -0.25) is 4.79 Å². The molecule has 3 nitrogen and oxygen atoms in total. The van der Waals surface area contributed by atoms with E-state index in [0.717, 1.165) is 5.56 Å². The molecule has 0 spiro atoms. The van der Waals surface area contributed by atoms with E-state index in [2.05, 4.69) is 0 Å². The van der Waals surface area contributed by atoms with Crippen molar-refractivity contribution in [2.24, 2.45) is 0 Å². The molecule has 0 atom stereocenters. The number of rotatable bonds is 3. The smallest absolute Gasteiger partial charge is 0.186 e. The van der Waals surface area contributed by atoms with Crippen molar-refractivity contribution in [1.82, 2.24) is 0 Å². The highest BCUT2D eigenvalue weighted by Crippen LogP contribution is 2.25. The Morgan fingerprint density at radius 1 is 1.10 bits per heavy atom. The highest BCUT2D eigenvalue weighted by molar-refractivity contribution is 6.30. The van der Waals surface area contributed by atoms with Crippen LogP contribution in [0, 0.1) is 6.92 Å². The third-order valence-corrected chi connectivity index (χ3v) is 3.12. The second-order valence-electron chi connectivity index (χ2n) is 4.40. The van der Waals surface area contributed by atoms with Crippen LogP contribution in [0.3, 0.4) is 0 Å². The zero-order valence-corrected chi connectivity index (χ0v) is 11.6. The summed E-state index contributed by atoms with van der Waals surface area (Å²) in [5.41, 5.74) is 2.01. The van der Waals surface area contributed by atoms with Gasteiger partial charge < -0.3 is 10.2 Å². The number of hydrogen-bond donors (Lipinski definition) is 2. The molecule has 4 heteroatoms. The van der Waals surface area contributed by atoms with Crippen LogP contribution in [0.15, 0.2) is 42.5 Å². The Hall–Kier alpha value is -2.26. The number of hydrogen-bond acceptors (Lipinski definition) is 3. The first-order valence-corrected chi connectivity index (χ1v) is 6.36. The van der Waals surface area contributed by atoms with Crippen LogP contribution in [0.25, 0.3) is 6.08 Å². The maximum Gasteiger partial charge on any atom is 0.186 e. The van der Waals surface area contributed by atoms with Gasteiger partial charge >= 0.3 is 0 Å². The van der Waals surface area contributed by atoms with Crippen molar-refractivity contribution in [1.29, 1.82) is 0 Å². The second-order valence-corrected chi connectivity index (χ2v) is 4.84. The van der Waals surface area contributed by atoms with E-state index in [1.807, 2.05) is 6.92 Å². The quantitative estimate of drug-likeness (QED) is 0.511. The molecule has 20 heavy (non-hydrogen) atoms. The summed E-state index contributed by atoms with van der Waals surface area (Å²) < 4.78 is 0. The molecule has 0 bridgehead atoms. The molecule has 0 aliphatic rings. The summed E-state index contributed by atoms with van der Waals surface area (Å²) in [5, 5.41) is 19.2. The molecule has 0 radical (unpaired) electrons. The van der Waals surface area contributed by atoms with Gasteiger partial charge in [0.1, 0.15) is 0 Å². The fraction of sp³-hybridized carbons (Fsp3) is 0.0625. The lowest BCUT2D eigenvalue weighted by atomic mass is 10.0. The van der Waals surface area contributed by atoms with Gasteiger partial charge in [-0.1, -0.05) is 23.7 Å². The van der Waals surface area contributed by atoms with Gasteiger partial charge in [-0.15, -0.1) is 0 Å². The zero-order chi connectivity index (χ0) is 14.7. The molecule has 0 amide bonds. The predicted octanol–water partition coefficient (Wildman–Crippen LogP) is 3.96. The lowest BCUT2D eigenvalue weighted by Gasteiger charge is -2.02. The first-order chi connectivity index (χ1) is 9.47. The Morgan fingerprint density at radius 3 is 2.50 bits per heavy atom. The molecule has 0 aromatic heterocycles. The van der Waals surface area contributed by atoms with Crippen LogP contribution in [0.1, 0.15) is 21.5 Å². The van der Waals surface area contributed by atoms with E-state index >= 15 is 0 Å². The maximum absolute atomic E-state index is 12.1. The van der Waals surface area contributed by atoms with Crippen LogP contribution in [-0.4, -0.2) is 16.0 Å². The van der Waals surface area contributed by atoms with Gasteiger partial charge in [-0.25, -0.2) is 0 Å². The number of benzene rings is 2. The number of carbonyl (C=O) groups excluding carboxylic acids is 1. The second kappa shape index (κ2) is 5.80. The molecular weight excluding hydrogens is 276 g/mol. The van der Waals surface area contributed by atoms with Gasteiger partial charge in [0.15, 0.2) is 17.3 Å². The minimum Gasteiger partial charge on any atom is -0.504 e. The number of phenols is 2. The Labute approximate surface area is 121 Å². The summed E-state index contributed by atoms with van der Waals surface area (Å²) in [6.07, 6.45) is 3.00. The Bertz CT molecular complexity index is 690. The van der Waals surface area contributed by atoms with Crippen molar-refractivity contribution < 1.29 is 15.0 Å². The average Bonchev–Trinajstić information content (AvgIpc) is 2.40. The molecule has 0 saturated carbocycles. The van der Waals surface area contributed by atoms with E-state index in [4.69, 9.17) is 11.6 Å². The first-order valence-electron chi connectivity index (χ1n) is 5.98. The Balaban J connectivity index is 2.22. The first kappa shape index (κ1) is 14.2. The zero-order valence-electron chi connectivity index (χ0n) is 10.8. The molecule has 2 N–H and O–H groups in total. The number of aryl methyl sites for hydroxylation is 1. The molecule has 102 valence electrons. The van der Waals surface area contributed by atoms with E-state index in [9.17, 15) is 15.0 Å². The van der Waals surface area contributed by atoms with Crippen LogP contribution in [0.2, 0.25) is 5.02 Å². The summed E-state index contributed by atoms with van der Waals surface area (Å²) in [6, 6.07) is 9.43. The van der Waals surface area contributed by atoms with Crippen LogP contribution >= 0.6 is 11.6 Å². The SMILES string of the molecule is Cc1cc(Cl)ccc1C(=O)/C=C/c1ccc(O)c(O)c1. The monoisotopic (exact) mass is 288 g/mol. The summed E-state index contributed by atoms with van der Waals surface area (Å²) in [5.74, 6) is -0.559. The fourth-order valence-corrected chi connectivity index (χ4v) is 2.04. The number of phenolic OH excluding ortho intramolecular Hbond substituents is 2. The lowest BCUT2D eigenvalue weighted by Crippen LogP contribution is -1.97. The standard InChI is InChI=1S/C16H13ClO3/c1-10-8-12(17)4-5-13(10)14(18)6-2-11-3-7-15(19)16(20)9-11/h2-9,19-20H,1H3/b6-2+. The highest BCUT2D eigenvalue weighted by atomic mass is 35.5. The van der Waals surface area contributed by atoms with Crippen molar-refractivity contribution in [3.05, 3.63) is 64.2 Å². The Kier molecular flexibility index (Phi) is 4.11. The van der Waals surface area contributed by atoms with Gasteiger partial charge in [-0.05, 0) is 54.5 Å². The molecule has 2 aromatic rings. The minimum atomic E-state index is -0.220. The van der Waals surface area contributed by atoms with Crippen LogP contribution in [0.4, 0.5) is 0 Å². The average molecular weight is 289 g/mol. The minimum absolute atomic E-state index is 0.147. The summed E-state index contributed by atoms with van der Waals surface area (Å²) in [6.45, 7) is 1.82. The highest BCUT2D eigenvalue weighted by Gasteiger charge is 2.06. The fourth-order valence-electron chi connectivity index (χ4n) is 1.81. The maximum atomic E-state index is 12.1. The van der Waals surface area contributed by atoms with Crippen molar-refractivity contribution in [3.63, 3.8) is 0 Å². The molecule has 0 fully saturated rings. The number of ketones is 1. The lowest BCUT2D eigenvalue weighted by molar-refractivity contribution is 0.104. The predicted molar refractivity (Wildman–Crippen MR) is 79.3 cm³/mol. The van der Waals surface area contributed by atoms with E-state index < -0.39 is 0 Å². The molecule has 0 unspecified atom stereocenters. The number of halogens is 1. The normalized spacial score (nSPS) is 10.9. The molecule has 0 saturated heterocycles. The van der Waals surface area contributed by atoms with E-state index in [0.29, 0.717) is 16.1 Å². The summed E-state index contributed by atoms with van der Waals surface area (Å²) in [4.78, 5) is 12.1. The number of allylic oxidation sites excluding steroid dienone is 1. The van der Waals surface area contributed by atoms with Gasteiger partial charge in [0.05, 0.1) is 0 Å². The summed E-state index contributed by atoms with van der Waals surface area (Å²) >= 11 is 5.85. The van der Waals surface area contributed by atoms with Crippen molar-refractivity contribution in [2.75, 3.05) is 0 Å². The van der Waals surface area contributed by atoms with Crippen LogP contribution < -0.4 is 0 Å². The van der Waals surface area contributed by atoms with Crippen molar-refractivity contribution >= 4 is 23.5 Å². The molecule has 2 rings (SSSR count). The van der Waals surface area contributed by atoms with E-state index in [-0.39, 0.29) is 17.3 Å². The van der Waals surface area contributed by atoms with Gasteiger partial charge in [-0.2, -0.15) is 0 Å². The largest absolute Gasteiger partial charge is 0.504 e. The third kappa shape index (κ3) is 3.19. The van der Waals surface area contributed by atoms with Crippen LogP contribution in [-0.2, 0) is 0 Å². The molecule has 2 aromatic carbocycles. The Morgan fingerprint density at radius 2 is 1.85 bits per heavy atom. The van der Waals surface area contributed by atoms with Crippen molar-refractivity contribution in [2.45, 2.75) is 6.92 Å². The van der Waals surface area contributed by atoms with E-state index in [1.54, 1.807) is 30.3 Å². The van der Waals surface area contributed by atoms with Gasteiger partial charge in [0, 0.05) is 10.6 Å². The molecular formula is C16H13ClO3. The molecule has 0 aliphatic heterocycles. The van der Waals surface area contributed by atoms with Crippen LogP contribution in [0.5, 0.6) is 11.5 Å². The summed E-state index contributed by atoms with van der Waals surface area (Å²) in [7, 11) is 0. The molecule has 0 heterocycles. The van der Waals surface area contributed by atoms with Gasteiger partial charge in [0.25, 0.3) is 0 Å². The van der Waals surface area contributed by atoms with E-state index in [1.165, 1.54) is 18.2 Å². The number of aromatic hydroxyl groups is 2. The third-order valence-electron chi connectivity index (χ3n) is 2.88. The van der Waals surface area contributed by atoms with Gasteiger partial charge in [0.2, 0.25) is 0 Å². The number of carbonyl (C=O) groups is 1.